The fourth-order valence-electron chi connectivity index (χ4n) is 6.94. The van der Waals surface area contributed by atoms with Crippen LogP contribution in [0.1, 0.15) is 42.7 Å². The molecule has 0 radical (unpaired) electrons. The molecule has 2 fully saturated rings. The van der Waals surface area contributed by atoms with Gasteiger partial charge in [0.1, 0.15) is 17.7 Å². The molecule has 1 heterocycles. The second-order valence-electron chi connectivity index (χ2n) is 12.7. The van der Waals surface area contributed by atoms with Gasteiger partial charge in [-0.25, -0.2) is 35.6 Å². The topological polar surface area (TPSA) is 145 Å². The lowest BCUT2D eigenvalue weighted by Crippen LogP contribution is -2.56. The molecule has 51 heavy (non-hydrogen) atoms. The van der Waals surface area contributed by atoms with Gasteiger partial charge in [0, 0.05) is 50.5 Å². The Morgan fingerprint density at radius 3 is 2.04 bits per heavy atom. The molecule has 1 aliphatic heterocycles. The van der Waals surface area contributed by atoms with Crippen LogP contribution in [0, 0.1) is 17.6 Å². The number of amides is 3. The van der Waals surface area contributed by atoms with Crippen molar-refractivity contribution in [1.29, 1.82) is 0 Å². The van der Waals surface area contributed by atoms with Crippen LogP contribution in [0.2, 0.25) is 0 Å². The number of hydrogen-bond donors (Lipinski definition) is 3. The van der Waals surface area contributed by atoms with Crippen molar-refractivity contribution in [2.45, 2.75) is 60.5 Å². The summed E-state index contributed by atoms with van der Waals surface area (Å²) in [5.74, 6) is -7.11. The summed E-state index contributed by atoms with van der Waals surface area (Å²) in [7, 11) is -2.99. The lowest BCUT2D eigenvalue weighted by Gasteiger charge is -2.40. The lowest BCUT2D eigenvalue weighted by molar-refractivity contribution is -0.124. The zero-order valence-electron chi connectivity index (χ0n) is 27.6. The van der Waals surface area contributed by atoms with Crippen molar-refractivity contribution in [3.05, 3.63) is 102 Å². The first-order valence-corrected chi connectivity index (χ1v) is 17.7. The summed E-state index contributed by atoms with van der Waals surface area (Å²) >= 11 is 0. The summed E-state index contributed by atoms with van der Waals surface area (Å²) in [6, 6.07) is 14.2. The molecule has 0 spiro atoms. The predicted octanol–water partition coefficient (Wildman–Crippen LogP) is 5.18. The number of hydrogen-bond acceptors (Lipinski definition) is 6. The molecular weight excluding hydrogens is 696 g/mol. The summed E-state index contributed by atoms with van der Waals surface area (Å²) in [6.07, 6.45) is -3.61. The Morgan fingerprint density at radius 1 is 0.902 bits per heavy atom. The first kappa shape index (κ1) is 37.6. The first-order chi connectivity index (χ1) is 24.2. The molecule has 3 unspecified atom stereocenters. The molecule has 3 aromatic rings. The van der Waals surface area contributed by atoms with Gasteiger partial charge < -0.3 is 25.4 Å². The first-order valence-electron chi connectivity index (χ1n) is 16.3. The van der Waals surface area contributed by atoms with E-state index in [-0.39, 0.29) is 37.4 Å². The Morgan fingerprint density at radius 2 is 1.49 bits per heavy atom. The van der Waals surface area contributed by atoms with Crippen molar-refractivity contribution in [2.24, 2.45) is 5.92 Å². The van der Waals surface area contributed by atoms with Crippen LogP contribution >= 0.6 is 0 Å². The molecular formula is C35H38F4N4O7S. The van der Waals surface area contributed by atoms with Crippen LogP contribution in [0.4, 0.5) is 27.2 Å². The minimum Gasteiger partial charge on any atom is -0.465 e. The average molecular weight is 735 g/mol. The molecule has 0 aromatic heterocycles. The minimum atomic E-state index is -4.06. The number of sulfonamides is 1. The van der Waals surface area contributed by atoms with Crippen LogP contribution in [0.25, 0.3) is 0 Å². The Hall–Kier alpha value is -4.70. The van der Waals surface area contributed by atoms with E-state index in [4.69, 9.17) is 4.74 Å². The molecule has 1 aliphatic carbocycles. The Kier molecular flexibility index (Phi) is 11.5. The Bertz CT molecular complexity index is 1760. The predicted molar refractivity (Wildman–Crippen MR) is 177 cm³/mol. The minimum absolute atomic E-state index is 0.00786. The number of alkyl carbamates (subject to hydrolysis) is 1. The van der Waals surface area contributed by atoms with Crippen LogP contribution in [0.15, 0.2) is 83.8 Å². The number of methoxy groups -OCH3 is 1. The maximum absolute atomic E-state index is 15.0. The van der Waals surface area contributed by atoms with Crippen molar-refractivity contribution < 1.29 is 50.2 Å². The van der Waals surface area contributed by atoms with E-state index in [1.807, 2.05) is 0 Å². The number of halogens is 4. The highest BCUT2D eigenvalue weighted by atomic mass is 32.2. The normalized spacial score (nSPS) is 21.2. The van der Waals surface area contributed by atoms with E-state index in [0.717, 1.165) is 36.3 Å². The van der Waals surface area contributed by atoms with Crippen molar-refractivity contribution in [3.8, 4) is 0 Å². The largest absolute Gasteiger partial charge is 0.465 e. The zero-order valence-corrected chi connectivity index (χ0v) is 28.4. The van der Waals surface area contributed by atoms with Crippen LogP contribution in [-0.2, 0) is 19.6 Å². The molecule has 0 bridgehead atoms. The maximum atomic E-state index is 15.0. The molecule has 3 aromatic carbocycles. The van der Waals surface area contributed by atoms with E-state index in [0.29, 0.717) is 11.1 Å². The van der Waals surface area contributed by atoms with Gasteiger partial charge in [-0.15, -0.1) is 0 Å². The molecule has 2 aliphatic rings. The summed E-state index contributed by atoms with van der Waals surface area (Å²) in [5.41, 5.74) is 0.709. The van der Waals surface area contributed by atoms with Crippen molar-refractivity contribution >= 4 is 28.1 Å². The monoisotopic (exact) mass is 734 g/mol. The highest BCUT2D eigenvalue weighted by Gasteiger charge is 2.48. The number of nitrogens with one attached hydrogen (secondary N) is 2. The summed E-state index contributed by atoms with van der Waals surface area (Å²) < 4.78 is 91.0. The highest BCUT2D eigenvalue weighted by molar-refractivity contribution is 7.89. The number of carboxylic acid groups (broad SMARTS) is 1. The SMILES string of the molecule is COC(=O)N[C@@H](C(=O)NC1CC(F)(F)CC1CCC1CN(C(=O)O)CCN1S(=O)(=O)c1ccccc1)C(c1ccc(F)cc1)c1ccc(F)cc1. The number of benzene rings is 3. The molecule has 1 saturated heterocycles. The number of alkyl halides is 2. The third-order valence-corrected chi connectivity index (χ3v) is 11.4. The second kappa shape index (κ2) is 15.7. The zero-order chi connectivity index (χ0) is 36.9. The quantitative estimate of drug-likeness (QED) is 0.230. The standard InChI is InChI=1S/C35H38F4N4O7S/c1-50-33(45)41-31(30(22-7-12-25(36)13-8-22)23-9-14-26(37)15-10-23)32(44)40-29-20-35(38,39)19-24(29)11-16-27-21-42(34(46)47)17-18-43(27)51(48,49)28-5-3-2-4-6-28/h2-10,12-15,24,27,29-31H,11,16-21H2,1H3,(H,40,44)(H,41,45)(H,46,47)/t24?,27?,29?,31-/m1/s1. The number of nitrogens with zero attached hydrogens (tertiary/aromatic N) is 2. The Balaban J connectivity index is 1.41. The lowest BCUT2D eigenvalue weighted by atomic mass is 9.84. The average Bonchev–Trinajstić information content (AvgIpc) is 3.40. The van der Waals surface area contributed by atoms with Crippen LogP contribution in [0.3, 0.4) is 0 Å². The highest BCUT2D eigenvalue weighted by Crippen LogP contribution is 2.42. The number of carbonyl (C=O) groups is 3. The maximum Gasteiger partial charge on any atom is 0.407 e. The van der Waals surface area contributed by atoms with E-state index >= 15 is 8.78 Å². The van der Waals surface area contributed by atoms with E-state index < -0.39 is 88.5 Å². The third-order valence-electron chi connectivity index (χ3n) is 9.43. The fraction of sp³-hybridized carbons (Fsp3) is 0.400. The van der Waals surface area contributed by atoms with Crippen LogP contribution in [-0.4, -0.2) is 91.6 Å². The van der Waals surface area contributed by atoms with Crippen LogP contribution < -0.4 is 10.6 Å². The second-order valence-corrected chi connectivity index (χ2v) is 14.6. The van der Waals surface area contributed by atoms with Gasteiger partial charge in [0.2, 0.25) is 15.9 Å². The molecule has 3 amide bonds. The van der Waals surface area contributed by atoms with E-state index in [1.54, 1.807) is 18.2 Å². The summed E-state index contributed by atoms with van der Waals surface area (Å²) in [4.78, 5) is 39.5. The number of rotatable bonds is 11. The molecule has 11 nitrogen and oxygen atoms in total. The molecule has 5 rings (SSSR count). The molecule has 16 heteroatoms. The number of piperazine rings is 1. The van der Waals surface area contributed by atoms with Gasteiger partial charge in [-0.05, 0) is 66.3 Å². The molecule has 1 saturated carbocycles. The molecule has 4 atom stereocenters. The van der Waals surface area contributed by atoms with Gasteiger partial charge >= 0.3 is 12.2 Å². The Labute approximate surface area is 292 Å². The summed E-state index contributed by atoms with van der Waals surface area (Å²) in [5, 5.41) is 14.8. The fourth-order valence-corrected chi connectivity index (χ4v) is 8.60. The summed E-state index contributed by atoms with van der Waals surface area (Å²) in [6.45, 7) is -0.385. The third kappa shape index (κ3) is 8.97. The van der Waals surface area contributed by atoms with Crippen molar-refractivity contribution in [3.63, 3.8) is 0 Å². The van der Waals surface area contributed by atoms with Crippen LogP contribution in [0.5, 0.6) is 0 Å². The van der Waals surface area contributed by atoms with E-state index in [2.05, 4.69) is 10.6 Å². The van der Waals surface area contributed by atoms with Gasteiger partial charge in [0.05, 0.1) is 12.0 Å². The number of carbonyl (C=O) groups excluding carboxylic acids is 2. The smallest absolute Gasteiger partial charge is 0.407 e. The molecule has 3 N–H and O–H groups in total. The van der Waals surface area contributed by atoms with Crippen molar-refractivity contribution in [1.82, 2.24) is 19.8 Å². The van der Waals surface area contributed by atoms with E-state index in [9.17, 15) is 36.7 Å². The van der Waals surface area contributed by atoms with E-state index in [1.165, 1.54) is 40.7 Å². The van der Waals surface area contributed by atoms with Gasteiger partial charge in [0.25, 0.3) is 5.92 Å². The van der Waals surface area contributed by atoms with Gasteiger partial charge in [-0.1, -0.05) is 42.5 Å². The van der Waals surface area contributed by atoms with Crippen molar-refractivity contribution in [2.75, 3.05) is 26.7 Å². The number of ether oxygens (including phenoxy) is 1. The van der Waals surface area contributed by atoms with Gasteiger partial charge in [0.15, 0.2) is 0 Å². The van der Waals surface area contributed by atoms with Gasteiger partial charge in [-0.3, -0.25) is 4.79 Å². The molecule has 274 valence electrons. The van der Waals surface area contributed by atoms with Gasteiger partial charge in [-0.2, -0.15) is 4.31 Å².